The smallest absolute Gasteiger partial charge is 0.306 e. The summed E-state index contributed by atoms with van der Waals surface area (Å²) >= 11 is 0. The van der Waals surface area contributed by atoms with Gasteiger partial charge >= 0.3 is 5.97 Å². The van der Waals surface area contributed by atoms with Gasteiger partial charge in [0.15, 0.2) is 5.78 Å². The summed E-state index contributed by atoms with van der Waals surface area (Å²) in [7, 11) is 0. The molecule has 0 spiro atoms. The molecule has 1 aromatic carbocycles. The highest BCUT2D eigenvalue weighted by molar-refractivity contribution is 6.04. The van der Waals surface area contributed by atoms with E-state index in [0.29, 0.717) is 30.0 Å². The molecule has 1 amide bonds. The summed E-state index contributed by atoms with van der Waals surface area (Å²) in [6.45, 7) is 3.84. The van der Waals surface area contributed by atoms with Crippen LogP contribution in [0, 0.1) is 11.8 Å². The number of hydrogen-bond acceptors (Lipinski definition) is 4. The zero-order valence-corrected chi connectivity index (χ0v) is 11.9. The Balaban J connectivity index is 2.31. The van der Waals surface area contributed by atoms with Gasteiger partial charge in [0.05, 0.1) is 18.0 Å². The van der Waals surface area contributed by atoms with Gasteiger partial charge in [0.2, 0.25) is 0 Å². The summed E-state index contributed by atoms with van der Waals surface area (Å²) < 4.78 is 5.41. The Morgan fingerprint density at radius 3 is 2.67 bits per heavy atom. The Morgan fingerprint density at radius 2 is 2.00 bits per heavy atom. The zero-order chi connectivity index (χ0) is 15.6. The predicted molar refractivity (Wildman–Crippen MR) is 74.6 cm³/mol. The standard InChI is InChI=1S/C15H17NO5/c1-8(9(2)15(19)20)13(17)10-3-4-12-11(7-10)14(18)16-5-6-21-12/h3-4,7-9H,5-6H2,1-2H3,(H,16,18)(H,19,20). The predicted octanol–water partition coefficient (Wildman–Crippen LogP) is 1.35. The van der Waals surface area contributed by atoms with Gasteiger partial charge in [-0.1, -0.05) is 13.8 Å². The van der Waals surface area contributed by atoms with Crippen molar-refractivity contribution in [3.63, 3.8) is 0 Å². The Labute approximate surface area is 122 Å². The number of carbonyl (C=O) groups excluding carboxylic acids is 2. The first kappa shape index (κ1) is 15.0. The molecule has 0 fully saturated rings. The minimum atomic E-state index is -1.02. The van der Waals surface area contributed by atoms with E-state index < -0.39 is 17.8 Å². The molecule has 2 N–H and O–H groups in total. The third-order valence-corrected chi connectivity index (χ3v) is 3.71. The van der Waals surface area contributed by atoms with Crippen molar-refractivity contribution in [3.8, 4) is 5.75 Å². The van der Waals surface area contributed by atoms with E-state index in [4.69, 9.17) is 9.84 Å². The molecular weight excluding hydrogens is 274 g/mol. The van der Waals surface area contributed by atoms with Gasteiger partial charge in [0, 0.05) is 11.5 Å². The molecule has 1 aromatic rings. The summed E-state index contributed by atoms with van der Waals surface area (Å²) in [6, 6.07) is 4.60. The molecule has 112 valence electrons. The van der Waals surface area contributed by atoms with Crippen LogP contribution in [0.2, 0.25) is 0 Å². The number of amides is 1. The number of hydrogen-bond donors (Lipinski definition) is 2. The lowest BCUT2D eigenvalue weighted by atomic mass is 9.88. The lowest BCUT2D eigenvalue weighted by Crippen LogP contribution is -2.26. The normalized spacial score (nSPS) is 16.8. The monoisotopic (exact) mass is 291 g/mol. The van der Waals surface area contributed by atoms with E-state index in [-0.39, 0.29) is 11.7 Å². The molecule has 0 aromatic heterocycles. The molecule has 2 unspecified atom stereocenters. The molecule has 0 saturated heterocycles. The van der Waals surface area contributed by atoms with Crippen molar-refractivity contribution in [3.05, 3.63) is 29.3 Å². The largest absolute Gasteiger partial charge is 0.491 e. The third kappa shape index (κ3) is 3.04. The van der Waals surface area contributed by atoms with Crippen molar-refractivity contribution < 1.29 is 24.2 Å². The van der Waals surface area contributed by atoms with Crippen molar-refractivity contribution in [1.29, 1.82) is 0 Å². The fourth-order valence-corrected chi connectivity index (χ4v) is 2.11. The third-order valence-electron chi connectivity index (χ3n) is 3.71. The second-order valence-electron chi connectivity index (χ2n) is 5.10. The number of ether oxygens (including phenoxy) is 1. The van der Waals surface area contributed by atoms with E-state index in [1.165, 1.54) is 13.0 Å². The number of carboxylic acids is 1. The van der Waals surface area contributed by atoms with Crippen molar-refractivity contribution in [2.24, 2.45) is 11.8 Å². The number of nitrogens with one attached hydrogen (secondary N) is 1. The Bertz CT molecular complexity index is 596. The molecule has 1 heterocycles. The van der Waals surface area contributed by atoms with Gasteiger partial charge in [0.25, 0.3) is 5.91 Å². The minimum absolute atomic E-state index is 0.295. The van der Waals surface area contributed by atoms with Crippen LogP contribution in [0.25, 0.3) is 0 Å². The van der Waals surface area contributed by atoms with Gasteiger partial charge in [-0.3, -0.25) is 14.4 Å². The average Bonchev–Trinajstić information content (AvgIpc) is 2.66. The van der Waals surface area contributed by atoms with Crippen molar-refractivity contribution in [2.45, 2.75) is 13.8 Å². The molecule has 2 atom stereocenters. The number of Topliss-reactive ketones (excluding diaryl/α,β-unsaturated/α-hetero) is 1. The number of aliphatic carboxylic acids is 1. The molecule has 1 aliphatic rings. The summed E-state index contributed by atoms with van der Waals surface area (Å²) in [4.78, 5) is 35.2. The van der Waals surface area contributed by atoms with Crippen LogP contribution in [0.5, 0.6) is 5.75 Å². The SMILES string of the molecule is CC(C(=O)O)C(C)C(=O)c1ccc2c(c1)C(=O)NCCO2. The molecule has 2 rings (SSSR count). The Morgan fingerprint density at radius 1 is 1.29 bits per heavy atom. The van der Waals surface area contributed by atoms with E-state index in [1.54, 1.807) is 19.1 Å². The van der Waals surface area contributed by atoms with Crippen LogP contribution in [-0.4, -0.2) is 35.9 Å². The topological polar surface area (TPSA) is 92.7 Å². The molecule has 0 bridgehead atoms. The van der Waals surface area contributed by atoms with Gasteiger partial charge in [-0.2, -0.15) is 0 Å². The molecule has 0 saturated carbocycles. The van der Waals surface area contributed by atoms with Gasteiger partial charge in [-0.15, -0.1) is 0 Å². The first-order chi connectivity index (χ1) is 9.91. The lowest BCUT2D eigenvalue weighted by molar-refractivity contribution is -0.142. The maximum Gasteiger partial charge on any atom is 0.306 e. The van der Waals surface area contributed by atoms with Crippen LogP contribution < -0.4 is 10.1 Å². The van der Waals surface area contributed by atoms with E-state index in [9.17, 15) is 14.4 Å². The van der Waals surface area contributed by atoms with Crippen molar-refractivity contribution in [2.75, 3.05) is 13.2 Å². The quantitative estimate of drug-likeness (QED) is 0.817. The number of fused-ring (bicyclic) bond motifs is 1. The van der Waals surface area contributed by atoms with Crippen LogP contribution in [0.4, 0.5) is 0 Å². The van der Waals surface area contributed by atoms with Gasteiger partial charge in [-0.05, 0) is 18.2 Å². The van der Waals surface area contributed by atoms with Gasteiger partial charge in [0.1, 0.15) is 12.4 Å². The minimum Gasteiger partial charge on any atom is -0.491 e. The summed E-state index contributed by atoms with van der Waals surface area (Å²) in [6.07, 6.45) is 0. The number of benzene rings is 1. The summed E-state index contributed by atoms with van der Waals surface area (Å²) in [5, 5.41) is 11.7. The number of rotatable bonds is 4. The molecule has 1 aliphatic heterocycles. The highest BCUT2D eigenvalue weighted by Crippen LogP contribution is 2.25. The van der Waals surface area contributed by atoms with Gasteiger partial charge in [-0.25, -0.2) is 0 Å². The van der Waals surface area contributed by atoms with Crippen LogP contribution >= 0.6 is 0 Å². The van der Waals surface area contributed by atoms with E-state index in [2.05, 4.69) is 5.32 Å². The first-order valence-corrected chi connectivity index (χ1v) is 6.74. The van der Waals surface area contributed by atoms with E-state index >= 15 is 0 Å². The van der Waals surface area contributed by atoms with Crippen molar-refractivity contribution in [1.82, 2.24) is 5.32 Å². The molecule has 0 aliphatic carbocycles. The highest BCUT2D eigenvalue weighted by Gasteiger charge is 2.28. The summed E-state index contributed by atoms with van der Waals surface area (Å²) in [5.74, 6) is -2.65. The molecule has 6 nitrogen and oxygen atoms in total. The average molecular weight is 291 g/mol. The summed E-state index contributed by atoms with van der Waals surface area (Å²) in [5.41, 5.74) is 0.614. The molecule has 21 heavy (non-hydrogen) atoms. The zero-order valence-electron chi connectivity index (χ0n) is 11.9. The highest BCUT2D eigenvalue weighted by atomic mass is 16.5. The fraction of sp³-hybridized carbons (Fsp3) is 0.400. The lowest BCUT2D eigenvalue weighted by Gasteiger charge is -2.15. The maximum absolute atomic E-state index is 12.3. The Hall–Kier alpha value is -2.37. The number of ketones is 1. The van der Waals surface area contributed by atoms with E-state index in [1.807, 2.05) is 0 Å². The maximum atomic E-state index is 12.3. The molecule has 6 heteroatoms. The second-order valence-corrected chi connectivity index (χ2v) is 5.10. The molecule has 0 radical (unpaired) electrons. The number of carbonyl (C=O) groups is 3. The van der Waals surface area contributed by atoms with Crippen LogP contribution in [0.15, 0.2) is 18.2 Å². The van der Waals surface area contributed by atoms with E-state index in [0.717, 1.165) is 0 Å². The van der Waals surface area contributed by atoms with Gasteiger partial charge < -0.3 is 15.2 Å². The van der Waals surface area contributed by atoms with Crippen LogP contribution in [0.3, 0.4) is 0 Å². The number of carboxylic acid groups (broad SMARTS) is 1. The molecular formula is C15H17NO5. The van der Waals surface area contributed by atoms with Crippen LogP contribution in [-0.2, 0) is 4.79 Å². The first-order valence-electron chi connectivity index (χ1n) is 6.74. The fourth-order valence-electron chi connectivity index (χ4n) is 2.11. The Kier molecular flexibility index (Phi) is 4.26. The van der Waals surface area contributed by atoms with Crippen molar-refractivity contribution >= 4 is 17.7 Å². The van der Waals surface area contributed by atoms with Crippen LogP contribution in [0.1, 0.15) is 34.6 Å². The second kappa shape index (κ2) is 5.95.